The molecule has 21 heavy (non-hydrogen) atoms. The van der Waals surface area contributed by atoms with Gasteiger partial charge in [0.15, 0.2) is 0 Å². The van der Waals surface area contributed by atoms with Crippen molar-refractivity contribution in [1.82, 2.24) is 5.32 Å². The summed E-state index contributed by atoms with van der Waals surface area (Å²) in [5, 5.41) is 17.0. The molecule has 0 saturated carbocycles. The Hall–Kier alpha value is -1.85. The molecule has 2 N–H and O–H groups in total. The van der Waals surface area contributed by atoms with Gasteiger partial charge in [-0.1, -0.05) is 6.07 Å². The molecule has 0 aliphatic rings. The van der Waals surface area contributed by atoms with Crippen molar-refractivity contribution in [1.29, 1.82) is 0 Å². The quantitative estimate of drug-likeness (QED) is 0.892. The van der Waals surface area contributed by atoms with Crippen LogP contribution in [0.3, 0.4) is 0 Å². The Labute approximate surface area is 129 Å². The summed E-state index contributed by atoms with van der Waals surface area (Å²) < 4.78 is 0. The van der Waals surface area contributed by atoms with Crippen molar-refractivity contribution in [3.05, 3.63) is 52.2 Å². The van der Waals surface area contributed by atoms with Crippen molar-refractivity contribution in [2.45, 2.75) is 12.5 Å². The molecule has 0 fully saturated rings. The van der Waals surface area contributed by atoms with Crippen molar-refractivity contribution >= 4 is 22.9 Å². The summed E-state index contributed by atoms with van der Waals surface area (Å²) >= 11 is 1.52. The number of rotatable bonds is 5. The monoisotopic (exact) mass is 304 g/mol. The van der Waals surface area contributed by atoms with Crippen LogP contribution in [0.4, 0.5) is 5.69 Å². The van der Waals surface area contributed by atoms with Crippen molar-refractivity contribution < 1.29 is 9.90 Å². The fourth-order valence-electron chi connectivity index (χ4n) is 1.95. The molecule has 1 unspecified atom stereocenters. The molecule has 0 bridgehead atoms. The number of carbonyl (C=O) groups excluding carboxylic acids is 1. The zero-order chi connectivity index (χ0) is 15.5. The summed E-state index contributed by atoms with van der Waals surface area (Å²) in [5.74, 6) is -0.186. The molecular formula is C16H20N2O2S. The third-order valence-corrected chi connectivity index (χ3v) is 4.04. The van der Waals surface area contributed by atoms with E-state index in [9.17, 15) is 9.90 Å². The van der Waals surface area contributed by atoms with Crippen LogP contribution >= 0.6 is 11.3 Å². The normalized spacial score (nSPS) is 13.5. The van der Waals surface area contributed by atoms with E-state index in [0.717, 1.165) is 11.3 Å². The van der Waals surface area contributed by atoms with E-state index in [-0.39, 0.29) is 12.5 Å². The second kappa shape index (κ2) is 6.28. The summed E-state index contributed by atoms with van der Waals surface area (Å²) in [7, 11) is 3.86. The molecule has 5 heteroatoms. The Morgan fingerprint density at radius 3 is 2.76 bits per heavy atom. The summed E-state index contributed by atoms with van der Waals surface area (Å²) in [6.45, 7) is 1.88. The Balaban J connectivity index is 2.03. The van der Waals surface area contributed by atoms with E-state index in [1.54, 1.807) is 13.0 Å². The predicted molar refractivity (Wildman–Crippen MR) is 87.0 cm³/mol. The smallest absolute Gasteiger partial charge is 0.251 e. The summed E-state index contributed by atoms with van der Waals surface area (Å²) in [6, 6.07) is 9.25. The van der Waals surface area contributed by atoms with Gasteiger partial charge in [-0.3, -0.25) is 4.79 Å². The molecule has 0 spiro atoms. The molecule has 112 valence electrons. The summed E-state index contributed by atoms with van der Waals surface area (Å²) in [6.07, 6.45) is 0. The average Bonchev–Trinajstić information content (AvgIpc) is 3.00. The van der Waals surface area contributed by atoms with E-state index in [1.807, 2.05) is 54.0 Å². The number of hydrogen-bond acceptors (Lipinski definition) is 4. The minimum Gasteiger partial charge on any atom is -0.384 e. The number of benzene rings is 1. The molecule has 1 heterocycles. The van der Waals surface area contributed by atoms with Gasteiger partial charge in [-0.15, -0.1) is 0 Å². The minimum atomic E-state index is -1.06. The summed E-state index contributed by atoms with van der Waals surface area (Å²) in [5.41, 5.74) is 1.30. The first-order valence-corrected chi connectivity index (χ1v) is 7.65. The Bertz CT molecular complexity index is 606. The van der Waals surface area contributed by atoms with Crippen molar-refractivity contribution in [2.24, 2.45) is 0 Å². The van der Waals surface area contributed by atoms with Gasteiger partial charge in [0.25, 0.3) is 5.91 Å². The largest absolute Gasteiger partial charge is 0.384 e. The number of amides is 1. The highest BCUT2D eigenvalue weighted by Crippen LogP contribution is 2.22. The molecule has 2 aromatic rings. The third kappa shape index (κ3) is 3.83. The van der Waals surface area contributed by atoms with Crippen LogP contribution in [-0.2, 0) is 5.60 Å². The second-order valence-electron chi connectivity index (χ2n) is 5.41. The minimum absolute atomic E-state index is 0.175. The molecule has 1 amide bonds. The number of nitrogens with one attached hydrogen (secondary N) is 1. The zero-order valence-corrected chi connectivity index (χ0v) is 13.3. The lowest BCUT2D eigenvalue weighted by Gasteiger charge is -2.23. The summed E-state index contributed by atoms with van der Waals surface area (Å²) in [4.78, 5) is 14.1. The topological polar surface area (TPSA) is 52.6 Å². The van der Waals surface area contributed by atoms with Crippen LogP contribution in [0.5, 0.6) is 0 Å². The number of aliphatic hydroxyl groups is 1. The van der Waals surface area contributed by atoms with Crippen LogP contribution < -0.4 is 10.2 Å². The van der Waals surface area contributed by atoms with E-state index in [1.165, 1.54) is 11.3 Å². The number of hydrogen-bond donors (Lipinski definition) is 2. The van der Waals surface area contributed by atoms with Crippen molar-refractivity contribution in [3.8, 4) is 0 Å². The van der Waals surface area contributed by atoms with Gasteiger partial charge in [0, 0.05) is 25.3 Å². The van der Waals surface area contributed by atoms with Gasteiger partial charge >= 0.3 is 0 Å². The van der Waals surface area contributed by atoms with Gasteiger partial charge in [0.05, 0.1) is 6.54 Å². The van der Waals surface area contributed by atoms with Crippen LogP contribution in [0, 0.1) is 0 Å². The highest BCUT2D eigenvalue weighted by atomic mass is 32.1. The molecule has 0 radical (unpaired) electrons. The molecule has 1 aromatic carbocycles. The maximum atomic E-state index is 12.2. The van der Waals surface area contributed by atoms with Gasteiger partial charge in [-0.2, -0.15) is 11.3 Å². The molecule has 4 nitrogen and oxygen atoms in total. The highest BCUT2D eigenvalue weighted by molar-refractivity contribution is 7.08. The molecule has 1 atom stereocenters. The van der Waals surface area contributed by atoms with E-state index < -0.39 is 5.60 Å². The first-order valence-electron chi connectivity index (χ1n) is 6.71. The second-order valence-corrected chi connectivity index (χ2v) is 6.19. The number of thiophene rings is 1. The zero-order valence-electron chi connectivity index (χ0n) is 12.5. The maximum absolute atomic E-state index is 12.2. The number of carbonyl (C=O) groups is 1. The highest BCUT2D eigenvalue weighted by Gasteiger charge is 2.24. The number of anilines is 1. The lowest BCUT2D eigenvalue weighted by Crippen LogP contribution is -2.38. The van der Waals surface area contributed by atoms with Gasteiger partial charge in [-0.05, 0) is 47.5 Å². The lowest BCUT2D eigenvalue weighted by molar-refractivity contribution is 0.0530. The van der Waals surface area contributed by atoms with Crippen LogP contribution in [0.25, 0.3) is 0 Å². The average molecular weight is 304 g/mol. The third-order valence-electron chi connectivity index (χ3n) is 3.36. The Kier molecular flexibility index (Phi) is 4.65. The fraction of sp³-hybridized carbons (Fsp3) is 0.312. The first kappa shape index (κ1) is 15.5. The molecule has 0 saturated heterocycles. The molecule has 2 rings (SSSR count). The van der Waals surface area contributed by atoms with Crippen molar-refractivity contribution in [3.63, 3.8) is 0 Å². The van der Waals surface area contributed by atoms with Crippen LogP contribution in [0.15, 0.2) is 41.1 Å². The number of nitrogens with zero attached hydrogens (tertiary/aromatic N) is 1. The van der Waals surface area contributed by atoms with Gasteiger partial charge < -0.3 is 15.3 Å². The predicted octanol–water partition coefficient (Wildman–Crippen LogP) is 2.45. The van der Waals surface area contributed by atoms with Gasteiger partial charge in [-0.25, -0.2) is 0 Å². The SMILES string of the molecule is CN(C)c1cccc(C(=O)NCC(C)(O)c2ccsc2)c1. The molecule has 0 aliphatic heterocycles. The molecule has 1 aromatic heterocycles. The Morgan fingerprint density at radius 1 is 1.38 bits per heavy atom. The first-order chi connectivity index (χ1) is 9.90. The van der Waals surface area contributed by atoms with Gasteiger partial charge in [0.1, 0.15) is 5.60 Å². The van der Waals surface area contributed by atoms with Gasteiger partial charge in [0.2, 0.25) is 0 Å². The van der Waals surface area contributed by atoms with E-state index >= 15 is 0 Å². The van der Waals surface area contributed by atoms with Crippen molar-refractivity contribution in [2.75, 3.05) is 25.5 Å². The standard InChI is InChI=1S/C16H20N2O2S/c1-16(20,13-7-8-21-10-13)11-17-15(19)12-5-4-6-14(9-12)18(2)3/h4-10,20H,11H2,1-3H3,(H,17,19). The lowest BCUT2D eigenvalue weighted by atomic mass is 9.99. The van der Waals surface area contributed by atoms with E-state index in [2.05, 4.69) is 5.32 Å². The van der Waals surface area contributed by atoms with Crippen LogP contribution in [0.1, 0.15) is 22.8 Å². The maximum Gasteiger partial charge on any atom is 0.251 e. The van der Waals surface area contributed by atoms with E-state index in [4.69, 9.17) is 0 Å². The fourth-order valence-corrected chi connectivity index (χ4v) is 2.74. The van der Waals surface area contributed by atoms with E-state index in [0.29, 0.717) is 5.56 Å². The molecular weight excluding hydrogens is 284 g/mol. The van der Waals surface area contributed by atoms with Crippen LogP contribution in [-0.4, -0.2) is 31.7 Å². The van der Waals surface area contributed by atoms with Crippen LogP contribution in [0.2, 0.25) is 0 Å². The molecule has 0 aliphatic carbocycles. The Morgan fingerprint density at radius 2 is 2.14 bits per heavy atom.